The summed E-state index contributed by atoms with van der Waals surface area (Å²) in [5.74, 6) is 1.27. The predicted octanol–water partition coefficient (Wildman–Crippen LogP) is 9.26. The van der Waals surface area contributed by atoms with E-state index in [9.17, 15) is 10.5 Å². The van der Waals surface area contributed by atoms with Crippen molar-refractivity contribution in [2.75, 3.05) is 0 Å². The molecule has 0 saturated carbocycles. The molecule has 5 aliphatic rings. The van der Waals surface area contributed by atoms with Crippen molar-refractivity contribution in [3.05, 3.63) is 172 Å². The first kappa shape index (κ1) is 29.3. The van der Waals surface area contributed by atoms with Crippen LogP contribution in [-0.4, -0.2) is 11.9 Å². The highest BCUT2D eigenvalue weighted by molar-refractivity contribution is 6.06. The monoisotopic (exact) mass is 596 g/mol. The second-order valence-corrected chi connectivity index (χ2v) is 12.4. The highest BCUT2D eigenvalue weighted by atomic mass is 15.1. The number of hydrogen-bond donors (Lipinski definition) is 1. The molecule has 0 radical (unpaired) electrons. The molecule has 3 unspecified atom stereocenters. The van der Waals surface area contributed by atoms with E-state index in [4.69, 9.17) is 4.99 Å². The second kappa shape index (κ2) is 13.3. The summed E-state index contributed by atoms with van der Waals surface area (Å²) < 4.78 is 0. The minimum Gasteiger partial charge on any atom is -0.339 e. The number of benzene rings is 2. The fourth-order valence-corrected chi connectivity index (χ4v) is 7.05. The van der Waals surface area contributed by atoms with Crippen molar-refractivity contribution >= 4 is 11.4 Å². The van der Waals surface area contributed by atoms with Crippen LogP contribution < -0.4 is 5.32 Å². The van der Waals surface area contributed by atoms with Crippen LogP contribution >= 0.6 is 0 Å². The number of nitrogens with one attached hydrogen (secondary N) is 1. The zero-order valence-corrected chi connectivity index (χ0v) is 25.9. The van der Waals surface area contributed by atoms with Gasteiger partial charge in [0.25, 0.3) is 0 Å². The van der Waals surface area contributed by atoms with Crippen molar-refractivity contribution in [3.8, 4) is 12.1 Å². The van der Waals surface area contributed by atoms with E-state index in [2.05, 4.69) is 121 Å². The number of amidine groups is 1. The first-order chi connectivity index (χ1) is 22.7. The van der Waals surface area contributed by atoms with Crippen LogP contribution in [0, 0.1) is 28.6 Å². The highest BCUT2D eigenvalue weighted by Gasteiger charge is 2.34. The number of aliphatic imine (C=N–C) groups is 1. The maximum atomic E-state index is 9.46. The first-order valence-corrected chi connectivity index (χ1v) is 16.3. The van der Waals surface area contributed by atoms with E-state index in [1.807, 2.05) is 18.2 Å². The third kappa shape index (κ3) is 6.08. The van der Waals surface area contributed by atoms with Crippen LogP contribution in [0.3, 0.4) is 0 Å². The molecular formula is C42H36N4. The van der Waals surface area contributed by atoms with Gasteiger partial charge < -0.3 is 5.32 Å². The van der Waals surface area contributed by atoms with Gasteiger partial charge in [-0.2, -0.15) is 10.5 Å². The van der Waals surface area contributed by atoms with Crippen molar-refractivity contribution in [1.29, 1.82) is 10.5 Å². The summed E-state index contributed by atoms with van der Waals surface area (Å²) in [4.78, 5) is 5.58. The van der Waals surface area contributed by atoms with Crippen LogP contribution in [0.4, 0.5) is 0 Å². The topological polar surface area (TPSA) is 72.0 Å². The van der Waals surface area contributed by atoms with Crippen LogP contribution in [-0.2, 0) is 0 Å². The second-order valence-electron chi connectivity index (χ2n) is 12.4. The maximum Gasteiger partial charge on any atom is 0.133 e. The number of nitrogens with zero attached hydrogens (tertiary/aromatic N) is 3. The van der Waals surface area contributed by atoms with E-state index in [0.717, 1.165) is 55.5 Å². The van der Waals surface area contributed by atoms with E-state index in [0.29, 0.717) is 5.56 Å². The van der Waals surface area contributed by atoms with Gasteiger partial charge in [-0.1, -0.05) is 97.1 Å². The Kier molecular flexibility index (Phi) is 8.44. The molecule has 224 valence electrons. The molecule has 0 saturated heterocycles. The molecule has 0 amide bonds. The molecule has 7 rings (SSSR count). The normalized spacial score (nSPS) is 23.9. The molecule has 3 atom stereocenters. The lowest BCUT2D eigenvalue weighted by Crippen LogP contribution is -2.37. The van der Waals surface area contributed by atoms with Gasteiger partial charge in [0.15, 0.2) is 0 Å². The Morgan fingerprint density at radius 1 is 0.783 bits per heavy atom. The summed E-state index contributed by atoms with van der Waals surface area (Å²) in [6.07, 6.45) is 29.7. The molecule has 4 aliphatic carbocycles. The zero-order valence-electron chi connectivity index (χ0n) is 25.9. The average Bonchev–Trinajstić information content (AvgIpc) is 3.15. The van der Waals surface area contributed by atoms with E-state index in [1.54, 1.807) is 0 Å². The van der Waals surface area contributed by atoms with Gasteiger partial charge in [-0.15, -0.1) is 0 Å². The SMILES string of the molecule is N#CC1=CC=C(C2=CC(C3=NC(C4C=CC=CC4)C(c4ccccc4)=C(C4=CC=CCC4)N3)=CC(c3ccc(C#N)cc3)C2)CC1. The molecule has 1 N–H and O–H groups in total. The summed E-state index contributed by atoms with van der Waals surface area (Å²) >= 11 is 0. The van der Waals surface area contributed by atoms with Crippen LogP contribution in [0.15, 0.2) is 160 Å². The molecule has 0 aromatic heterocycles. The zero-order chi connectivity index (χ0) is 31.3. The molecule has 46 heavy (non-hydrogen) atoms. The molecule has 4 nitrogen and oxygen atoms in total. The van der Waals surface area contributed by atoms with Crippen LogP contribution in [0.2, 0.25) is 0 Å². The van der Waals surface area contributed by atoms with Crippen LogP contribution in [0.25, 0.3) is 5.57 Å². The Morgan fingerprint density at radius 2 is 1.65 bits per heavy atom. The van der Waals surface area contributed by atoms with Crippen molar-refractivity contribution < 1.29 is 0 Å². The number of allylic oxidation sites excluding steroid dienone is 13. The predicted molar refractivity (Wildman–Crippen MR) is 186 cm³/mol. The Balaban J connectivity index is 1.37. The Labute approximate surface area is 271 Å². The molecule has 0 fully saturated rings. The van der Waals surface area contributed by atoms with Gasteiger partial charge in [-0.25, -0.2) is 0 Å². The van der Waals surface area contributed by atoms with E-state index in [1.165, 1.54) is 39.1 Å². The Bertz CT molecular complexity index is 1920. The summed E-state index contributed by atoms with van der Waals surface area (Å²) in [5, 5.41) is 22.8. The summed E-state index contributed by atoms with van der Waals surface area (Å²) in [6.45, 7) is 0. The summed E-state index contributed by atoms with van der Waals surface area (Å²) in [7, 11) is 0. The smallest absolute Gasteiger partial charge is 0.133 e. The number of nitriles is 2. The molecule has 0 bridgehead atoms. The Hall–Kier alpha value is -5.45. The van der Waals surface area contributed by atoms with E-state index < -0.39 is 0 Å². The fourth-order valence-electron chi connectivity index (χ4n) is 7.05. The number of hydrogen-bond acceptors (Lipinski definition) is 4. The van der Waals surface area contributed by atoms with Gasteiger partial charge in [0.1, 0.15) is 5.84 Å². The molecule has 0 spiro atoms. The van der Waals surface area contributed by atoms with Crippen LogP contribution in [0.5, 0.6) is 0 Å². The highest BCUT2D eigenvalue weighted by Crippen LogP contribution is 2.41. The van der Waals surface area contributed by atoms with E-state index >= 15 is 0 Å². The third-order valence-corrected chi connectivity index (χ3v) is 9.51. The first-order valence-electron chi connectivity index (χ1n) is 16.3. The number of rotatable bonds is 6. The van der Waals surface area contributed by atoms with Crippen molar-refractivity contribution in [1.82, 2.24) is 5.32 Å². The maximum absolute atomic E-state index is 9.46. The van der Waals surface area contributed by atoms with Crippen molar-refractivity contribution in [2.24, 2.45) is 10.9 Å². The molecule has 2 aromatic rings. The Morgan fingerprint density at radius 3 is 2.35 bits per heavy atom. The molecular weight excluding hydrogens is 560 g/mol. The minimum atomic E-state index is -0.0512. The van der Waals surface area contributed by atoms with Gasteiger partial charge in [-0.3, -0.25) is 4.99 Å². The molecule has 1 aliphatic heterocycles. The lowest BCUT2D eigenvalue weighted by molar-refractivity contribution is 0.582. The third-order valence-electron chi connectivity index (χ3n) is 9.51. The standard InChI is InChI=1S/C42H36N4/c43-27-29-16-20-31(21-17-29)36-24-37(32-22-18-30(28-44)19-23-32)26-38(25-36)42-45-40(34-12-6-2-7-13-34)39(33-10-4-1-5-11-33)41(46-42)35-14-8-3-9-15-35/h1-8,10-12,14,16-18,20-22,25-26,34,36,40H,9,13,15,19,23-24H2,(H,45,46). The average molecular weight is 597 g/mol. The van der Waals surface area contributed by atoms with E-state index in [-0.39, 0.29) is 17.9 Å². The van der Waals surface area contributed by atoms with Crippen molar-refractivity contribution in [3.63, 3.8) is 0 Å². The fraction of sp³-hybridized carbons (Fsp3) is 0.214. The minimum absolute atomic E-state index is 0.0512. The van der Waals surface area contributed by atoms with Crippen LogP contribution in [0.1, 0.15) is 61.1 Å². The summed E-state index contributed by atoms with van der Waals surface area (Å²) in [6, 6.07) is 23.3. The largest absolute Gasteiger partial charge is 0.339 e. The van der Waals surface area contributed by atoms with Gasteiger partial charge in [0.05, 0.1) is 23.7 Å². The molecule has 4 heteroatoms. The van der Waals surface area contributed by atoms with Gasteiger partial charge in [0.2, 0.25) is 0 Å². The lowest BCUT2D eigenvalue weighted by atomic mass is 9.79. The lowest BCUT2D eigenvalue weighted by Gasteiger charge is -2.35. The van der Waals surface area contributed by atoms with Gasteiger partial charge in [-0.05, 0) is 90.7 Å². The molecule has 2 aromatic carbocycles. The van der Waals surface area contributed by atoms with Gasteiger partial charge >= 0.3 is 0 Å². The van der Waals surface area contributed by atoms with Crippen molar-refractivity contribution in [2.45, 2.75) is 50.5 Å². The molecule has 1 heterocycles. The van der Waals surface area contributed by atoms with Gasteiger partial charge in [0, 0.05) is 34.3 Å². The summed E-state index contributed by atoms with van der Waals surface area (Å²) in [5.41, 5.74) is 11.2. The quantitative estimate of drug-likeness (QED) is 0.361.